The van der Waals surface area contributed by atoms with E-state index in [0.29, 0.717) is 4.59 Å². The molecule has 0 aromatic rings. The van der Waals surface area contributed by atoms with Gasteiger partial charge in [0.15, 0.2) is 0 Å². The molecule has 96 valence electrons. The van der Waals surface area contributed by atoms with Crippen molar-refractivity contribution in [3.8, 4) is 0 Å². The lowest BCUT2D eigenvalue weighted by molar-refractivity contribution is -0.902. The van der Waals surface area contributed by atoms with Crippen LogP contribution in [0.15, 0.2) is 12.7 Å². The molecule has 0 heterocycles. The third kappa shape index (κ3) is 15.6. The molecule has 0 aliphatic rings. The molecule has 5 heteroatoms. The second-order valence-corrected chi connectivity index (χ2v) is 4.10. The zero-order valence-electron chi connectivity index (χ0n) is 10.8. The Labute approximate surface area is 98.1 Å². The lowest BCUT2D eigenvalue weighted by atomic mass is 10.4. The largest absolute Gasteiger partial charge is 0.460 e. The number of ether oxygens (including phenoxy) is 1. The van der Waals surface area contributed by atoms with Gasteiger partial charge in [-0.15, -0.1) is 0 Å². The van der Waals surface area contributed by atoms with Crippen molar-refractivity contribution < 1.29 is 19.2 Å². The molecule has 0 bridgehead atoms. The summed E-state index contributed by atoms with van der Waals surface area (Å²) in [7, 11) is 3.98. The number of rotatable bonds is 5. The van der Waals surface area contributed by atoms with Gasteiger partial charge in [-0.2, -0.15) is 5.84 Å². The third-order valence-corrected chi connectivity index (χ3v) is 1.48. The van der Waals surface area contributed by atoms with Crippen molar-refractivity contribution in [2.24, 2.45) is 5.84 Å². The monoisotopic (exact) mass is 233 g/mol. The van der Waals surface area contributed by atoms with Gasteiger partial charge < -0.3 is 9.84 Å². The van der Waals surface area contributed by atoms with E-state index in [-0.39, 0.29) is 6.61 Å². The number of hydrogen-bond acceptors (Lipinski definition) is 4. The maximum absolute atomic E-state index is 10.4. The fourth-order valence-corrected chi connectivity index (χ4v) is 0.838. The first-order valence-electron chi connectivity index (χ1n) is 5.31. The number of nitrogens with two attached hydrogens (primary N) is 1. The second kappa shape index (κ2) is 9.33. The molecule has 0 fully saturated rings. The van der Waals surface area contributed by atoms with E-state index in [1.165, 1.54) is 13.0 Å². The van der Waals surface area contributed by atoms with Crippen molar-refractivity contribution in [1.29, 1.82) is 0 Å². The zero-order valence-corrected chi connectivity index (χ0v) is 10.8. The molecule has 0 rings (SSSR count). The number of quaternary nitrogens is 1. The van der Waals surface area contributed by atoms with Gasteiger partial charge in [-0.1, -0.05) is 19.6 Å². The molecule has 0 aromatic heterocycles. The molecular formula is C11H25N2O3+. The Morgan fingerprint density at radius 3 is 2.31 bits per heavy atom. The summed E-state index contributed by atoms with van der Waals surface area (Å²) in [5.41, 5.74) is 0. The average molecular weight is 233 g/mol. The highest BCUT2D eigenvalue weighted by Gasteiger charge is 2.07. The quantitative estimate of drug-likeness (QED) is 0.238. The van der Waals surface area contributed by atoms with E-state index in [4.69, 9.17) is 10.9 Å². The van der Waals surface area contributed by atoms with Crippen LogP contribution in [-0.4, -0.2) is 49.0 Å². The van der Waals surface area contributed by atoms with Crippen molar-refractivity contribution in [2.45, 2.75) is 26.4 Å². The molecule has 16 heavy (non-hydrogen) atoms. The number of carbonyl (C=O) groups excluding carboxylic acids is 1. The van der Waals surface area contributed by atoms with E-state index in [1.807, 2.05) is 14.1 Å². The summed E-state index contributed by atoms with van der Waals surface area (Å²) in [6.07, 6.45) is 1.56. The van der Waals surface area contributed by atoms with E-state index in [1.54, 1.807) is 0 Å². The highest BCUT2D eigenvalue weighted by Crippen LogP contribution is 1.86. The van der Waals surface area contributed by atoms with Crippen LogP contribution in [0.3, 0.4) is 0 Å². The predicted molar refractivity (Wildman–Crippen MR) is 64.3 cm³/mol. The lowest BCUT2D eigenvalue weighted by Gasteiger charge is -2.20. The molecule has 0 spiro atoms. The summed E-state index contributed by atoms with van der Waals surface area (Å²) in [4.78, 5) is 10.4. The van der Waals surface area contributed by atoms with E-state index < -0.39 is 12.1 Å². The summed E-state index contributed by atoms with van der Waals surface area (Å²) < 4.78 is 5.04. The molecule has 1 unspecified atom stereocenters. The number of aliphatic hydroxyl groups is 1. The summed E-state index contributed by atoms with van der Waals surface area (Å²) >= 11 is 0. The van der Waals surface area contributed by atoms with E-state index in [9.17, 15) is 4.79 Å². The summed E-state index contributed by atoms with van der Waals surface area (Å²) in [5, 5.41) is 8.54. The molecule has 0 saturated heterocycles. The van der Waals surface area contributed by atoms with Crippen LogP contribution in [0.2, 0.25) is 0 Å². The van der Waals surface area contributed by atoms with Gasteiger partial charge in [0.25, 0.3) is 0 Å². The minimum Gasteiger partial charge on any atom is -0.460 e. The first-order valence-corrected chi connectivity index (χ1v) is 5.31. The first-order chi connectivity index (χ1) is 7.24. The van der Waals surface area contributed by atoms with Crippen molar-refractivity contribution in [3.05, 3.63) is 12.7 Å². The minimum absolute atomic E-state index is 0.156. The first kappa shape index (κ1) is 17.5. The second-order valence-electron chi connectivity index (χ2n) is 4.10. The molecule has 0 radical (unpaired) electrons. The van der Waals surface area contributed by atoms with Crippen molar-refractivity contribution in [3.63, 3.8) is 0 Å². The molecule has 5 nitrogen and oxygen atoms in total. The third-order valence-electron chi connectivity index (χ3n) is 1.48. The molecule has 0 aromatic carbocycles. The van der Waals surface area contributed by atoms with Crippen LogP contribution < -0.4 is 5.84 Å². The smallest absolute Gasteiger partial charge is 0.334 e. The SMILES string of the molecule is C=CCOC(=O)C(C)O.CCC[N+](C)(C)N. The standard InChI is InChI=1S/C6H10O3.C5H15N2/c1-3-4-9-6(8)5(2)7;1-4-5-7(2,3)6/h3,5,7H,1,4H2,2H3;4-6H2,1-3H3/q;+1. The number of nitrogens with zero attached hydrogens (tertiary/aromatic N) is 1. The zero-order chi connectivity index (χ0) is 13.2. The minimum atomic E-state index is -1.04. The lowest BCUT2D eigenvalue weighted by Crippen LogP contribution is -2.46. The highest BCUT2D eigenvalue weighted by molar-refractivity contribution is 5.73. The number of carbonyl (C=O) groups is 1. The van der Waals surface area contributed by atoms with Crippen molar-refractivity contribution in [2.75, 3.05) is 27.2 Å². The number of hydrogen-bond donors (Lipinski definition) is 2. The van der Waals surface area contributed by atoms with E-state index in [0.717, 1.165) is 13.0 Å². The van der Waals surface area contributed by atoms with Gasteiger partial charge in [0.2, 0.25) is 0 Å². The maximum Gasteiger partial charge on any atom is 0.334 e. The molecule has 1 atom stereocenters. The van der Waals surface area contributed by atoms with E-state index in [2.05, 4.69) is 18.2 Å². The normalized spacial score (nSPS) is 12.1. The molecule has 3 N–H and O–H groups in total. The Morgan fingerprint density at radius 2 is 2.12 bits per heavy atom. The van der Waals surface area contributed by atoms with Crippen LogP contribution in [0, 0.1) is 0 Å². The van der Waals surface area contributed by atoms with E-state index >= 15 is 0 Å². The fourth-order valence-electron chi connectivity index (χ4n) is 0.838. The van der Waals surface area contributed by atoms with Crippen LogP contribution in [0.25, 0.3) is 0 Å². The van der Waals surface area contributed by atoms with Gasteiger partial charge >= 0.3 is 5.97 Å². The van der Waals surface area contributed by atoms with Gasteiger partial charge in [-0.3, -0.25) is 4.59 Å². The summed E-state index contributed by atoms with van der Waals surface area (Å²) in [6.45, 7) is 8.03. The van der Waals surface area contributed by atoms with Crippen LogP contribution in [-0.2, 0) is 9.53 Å². The Balaban J connectivity index is 0. The maximum atomic E-state index is 10.4. The van der Waals surface area contributed by atoms with Crippen molar-refractivity contribution >= 4 is 5.97 Å². The topological polar surface area (TPSA) is 72.5 Å². The van der Waals surface area contributed by atoms with Crippen LogP contribution in [0.4, 0.5) is 0 Å². The van der Waals surface area contributed by atoms with Crippen molar-refractivity contribution in [1.82, 2.24) is 0 Å². The van der Waals surface area contributed by atoms with Gasteiger partial charge in [-0.05, 0) is 13.3 Å². The molecule has 0 amide bonds. The van der Waals surface area contributed by atoms with Crippen LogP contribution in [0.1, 0.15) is 20.3 Å². The molecule has 0 saturated carbocycles. The Bertz CT molecular complexity index is 198. The Kier molecular flexibility index (Phi) is 10.2. The Hall–Kier alpha value is -0.910. The molecule has 0 aliphatic carbocycles. The van der Waals surface area contributed by atoms with Gasteiger partial charge in [0.05, 0.1) is 20.6 Å². The molecule has 0 aliphatic heterocycles. The fraction of sp³-hybridized carbons (Fsp3) is 0.727. The summed E-state index contributed by atoms with van der Waals surface area (Å²) in [6, 6.07) is 0. The van der Waals surface area contributed by atoms with Gasteiger partial charge in [0.1, 0.15) is 12.7 Å². The van der Waals surface area contributed by atoms with Gasteiger partial charge in [-0.25, -0.2) is 4.79 Å². The highest BCUT2D eigenvalue weighted by atomic mass is 16.5. The summed E-state index contributed by atoms with van der Waals surface area (Å²) in [5.74, 6) is 4.97. The van der Waals surface area contributed by atoms with Crippen LogP contribution >= 0.6 is 0 Å². The molecular weight excluding hydrogens is 208 g/mol. The Morgan fingerprint density at radius 1 is 1.62 bits per heavy atom. The van der Waals surface area contributed by atoms with Crippen LogP contribution in [0.5, 0.6) is 0 Å². The average Bonchev–Trinajstić information content (AvgIpc) is 2.13. The number of esters is 1. The number of aliphatic hydroxyl groups excluding tert-OH is 1. The predicted octanol–water partition coefficient (Wildman–Crippen LogP) is 0.443. The van der Waals surface area contributed by atoms with Gasteiger partial charge in [0, 0.05) is 0 Å².